The van der Waals surface area contributed by atoms with Crippen LogP contribution in [0.2, 0.25) is 0 Å². The topological polar surface area (TPSA) is 87.7 Å². The first-order valence-corrected chi connectivity index (χ1v) is 10.6. The number of piperidine rings is 1. The molecule has 2 aliphatic rings. The number of urea groups is 1. The number of ether oxygens (including phenoxy) is 1. The van der Waals surface area contributed by atoms with Crippen molar-refractivity contribution in [3.05, 3.63) is 30.3 Å². The second kappa shape index (κ2) is 10.3. The highest BCUT2D eigenvalue weighted by Gasteiger charge is 2.29. The van der Waals surface area contributed by atoms with E-state index in [1.165, 1.54) is 6.42 Å². The molecule has 0 radical (unpaired) electrons. The van der Waals surface area contributed by atoms with Crippen LogP contribution in [0.4, 0.5) is 10.5 Å². The van der Waals surface area contributed by atoms with Crippen molar-refractivity contribution in [2.45, 2.75) is 51.5 Å². The van der Waals surface area contributed by atoms with E-state index in [0.29, 0.717) is 31.8 Å². The number of anilines is 1. The van der Waals surface area contributed by atoms with E-state index in [4.69, 9.17) is 4.74 Å². The largest absolute Gasteiger partial charge is 0.455 e. The van der Waals surface area contributed by atoms with Gasteiger partial charge in [-0.15, -0.1) is 0 Å². The van der Waals surface area contributed by atoms with E-state index in [0.717, 1.165) is 24.9 Å². The quantitative estimate of drug-likeness (QED) is 0.742. The highest BCUT2D eigenvalue weighted by molar-refractivity contribution is 5.89. The molecule has 0 unspecified atom stereocenters. The summed E-state index contributed by atoms with van der Waals surface area (Å²) in [5.74, 6) is -0.372. The predicted molar refractivity (Wildman–Crippen MR) is 110 cm³/mol. The molecule has 0 spiro atoms. The fourth-order valence-corrected chi connectivity index (χ4v) is 4.08. The normalized spacial score (nSPS) is 22.6. The molecular formula is C22H31N3O4. The van der Waals surface area contributed by atoms with Crippen molar-refractivity contribution < 1.29 is 19.1 Å². The Bertz CT molecular complexity index is 701. The Morgan fingerprint density at radius 1 is 1.03 bits per heavy atom. The zero-order valence-electron chi connectivity index (χ0n) is 17.1. The number of benzene rings is 1. The minimum Gasteiger partial charge on any atom is -0.455 e. The summed E-state index contributed by atoms with van der Waals surface area (Å²) in [5.41, 5.74) is 0.748. The van der Waals surface area contributed by atoms with E-state index in [-0.39, 0.29) is 36.5 Å². The lowest BCUT2D eigenvalue weighted by Crippen LogP contribution is -2.44. The SMILES string of the molecule is C[C@H]1CCCC[C@@H]1NC(=O)COC(=O)C1CCN(C(=O)Nc2ccccc2)CC1. The molecule has 1 saturated heterocycles. The highest BCUT2D eigenvalue weighted by Crippen LogP contribution is 2.24. The number of rotatable bonds is 5. The van der Waals surface area contributed by atoms with Crippen molar-refractivity contribution in [3.63, 3.8) is 0 Å². The minimum atomic E-state index is -0.347. The molecule has 1 aliphatic heterocycles. The average Bonchev–Trinajstić information content (AvgIpc) is 2.74. The van der Waals surface area contributed by atoms with E-state index >= 15 is 0 Å². The molecule has 158 valence electrons. The van der Waals surface area contributed by atoms with Crippen molar-refractivity contribution in [2.75, 3.05) is 25.0 Å². The third kappa shape index (κ3) is 6.21. The van der Waals surface area contributed by atoms with Crippen LogP contribution in [0.1, 0.15) is 45.4 Å². The van der Waals surface area contributed by atoms with Gasteiger partial charge in [0.15, 0.2) is 6.61 Å². The maximum atomic E-state index is 12.3. The van der Waals surface area contributed by atoms with Crippen molar-refractivity contribution in [2.24, 2.45) is 11.8 Å². The summed E-state index contributed by atoms with van der Waals surface area (Å²) in [6.45, 7) is 2.91. The Hall–Kier alpha value is -2.57. The molecule has 2 N–H and O–H groups in total. The lowest BCUT2D eigenvalue weighted by Gasteiger charge is -2.31. The van der Waals surface area contributed by atoms with Crippen LogP contribution in [-0.2, 0) is 14.3 Å². The molecule has 1 heterocycles. The Labute approximate surface area is 172 Å². The number of esters is 1. The van der Waals surface area contributed by atoms with Crippen LogP contribution >= 0.6 is 0 Å². The molecule has 1 saturated carbocycles. The molecule has 7 heteroatoms. The van der Waals surface area contributed by atoms with Gasteiger partial charge in [-0.1, -0.05) is 38.0 Å². The van der Waals surface area contributed by atoms with Gasteiger partial charge in [-0.05, 0) is 43.7 Å². The van der Waals surface area contributed by atoms with Gasteiger partial charge >= 0.3 is 12.0 Å². The molecule has 0 bridgehead atoms. The number of nitrogens with one attached hydrogen (secondary N) is 2. The molecule has 2 atom stereocenters. The summed E-state index contributed by atoms with van der Waals surface area (Å²) < 4.78 is 5.24. The Balaban J connectivity index is 1.36. The first kappa shape index (κ1) is 21.1. The van der Waals surface area contributed by atoms with Crippen LogP contribution in [-0.4, -0.2) is 48.5 Å². The molecule has 0 aromatic heterocycles. The number of carbonyl (C=O) groups excluding carboxylic acids is 3. The first-order valence-electron chi connectivity index (χ1n) is 10.6. The number of hydrogen-bond acceptors (Lipinski definition) is 4. The van der Waals surface area contributed by atoms with Crippen LogP contribution in [0.25, 0.3) is 0 Å². The summed E-state index contributed by atoms with van der Waals surface area (Å²) in [6.07, 6.45) is 5.55. The summed E-state index contributed by atoms with van der Waals surface area (Å²) in [4.78, 5) is 38.4. The van der Waals surface area contributed by atoms with E-state index in [1.54, 1.807) is 4.90 Å². The molecule has 3 rings (SSSR count). The molecular weight excluding hydrogens is 370 g/mol. The second-order valence-corrected chi connectivity index (χ2v) is 8.10. The van der Waals surface area contributed by atoms with Crippen molar-refractivity contribution in [1.82, 2.24) is 10.2 Å². The summed E-state index contributed by atoms with van der Waals surface area (Å²) in [5, 5.41) is 5.85. The van der Waals surface area contributed by atoms with Crippen molar-refractivity contribution in [1.29, 1.82) is 0 Å². The zero-order valence-corrected chi connectivity index (χ0v) is 17.1. The Morgan fingerprint density at radius 3 is 2.41 bits per heavy atom. The van der Waals surface area contributed by atoms with Gasteiger partial charge in [0.05, 0.1) is 5.92 Å². The van der Waals surface area contributed by atoms with Crippen LogP contribution < -0.4 is 10.6 Å². The van der Waals surface area contributed by atoms with Crippen molar-refractivity contribution >= 4 is 23.6 Å². The number of likely N-dealkylation sites (tertiary alicyclic amines) is 1. The third-order valence-corrected chi connectivity index (χ3v) is 5.94. The minimum absolute atomic E-state index is 0.163. The lowest BCUT2D eigenvalue weighted by atomic mass is 9.86. The smallest absolute Gasteiger partial charge is 0.321 e. The van der Waals surface area contributed by atoms with E-state index in [1.807, 2.05) is 30.3 Å². The molecule has 2 fully saturated rings. The van der Waals surface area contributed by atoms with Gasteiger partial charge in [0.1, 0.15) is 0 Å². The van der Waals surface area contributed by atoms with Crippen LogP contribution in [0.3, 0.4) is 0 Å². The molecule has 1 aromatic carbocycles. The van der Waals surface area contributed by atoms with Gasteiger partial charge in [-0.25, -0.2) is 4.79 Å². The summed E-state index contributed by atoms with van der Waals surface area (Å²) in [6, 6.07) is 9.31. The van der Waals surface area contributed by atoms with Crippen LogP contribution in [0.15, 0.2) is 30.3 Å². The predicted octanol–water partition coefficient (Wildman–Crippen LogP) is 3.17. The fourth-order valence-electron chi connectivity index (χ4n) is 4.08. The van der Waals surface area contributed by atoms with E-state index in [2.05, 4.69) is 17.6 Å². The Morgan fingerprint density at radius 2 is 1.72 bits per heavy atom. The monoisotopic (exact) mass is 401 g/mol. The maximum absolute atomic E-state index is 12.3. The molecule has 29 heavy (non-hydrogen) atoms. The van der Waals surface area contributed by atoms with E-state index in [9.17, 15) is 14.4 Å². The zero-order chi connectivity index (χ0) is 20.6. The third-order valence-electron chi connectivity index (χ3n) is 5.94. The second-order valence-electron chi connectivity index (χ2n) is 8.10. The molecule has 3 amide bonds. The molecule has 1 aliphatic carbocycles. The van der Waals surface area contributed by atoms with Crippen LogP contribution in [0, 0.1) is 11.8 Å². The average molecular weight is 402 g/mol. The molecule has 1 aromatic rings. The van der Waals surface area contributed by atoms with E-state index < -0.39 is 0 Å². The number of hydrogen-bond donors (Lipinski definition) is 2. The maximum Gasteiger partial charge on any atom is 0.321 e. The first-order chi connectivity index (χ1) is 14.0. The van der Waals surface area contributed by atoms with Crippen molar-refractivity contribution in [3.8, 4) is 0 Å². The highest BCUT2D eigenvalue weighted by atomic mass is 16.5. The van der Waals surface area contributed by atoms with Crippen LogP contribution in [0.5, 0.6) is 0 Å². The summed E-state index contributed by atoms with van der Waals surface area (Å²) in [7, 11) is 0. The van der Waals surface area contributed by atoms with Gasteiger partial charge < -0.3 is 20.3 Å². The number of para-hydroxylation sites is 1. The Kier molecular flexibility index (Phi) is 7.49. The number of amides is 3. The van der Waals surface area contributed by atoms with Gasteiger partial charge in [0, 0.05) is 24.8 Å². The lowest BCUT2D eigenvalue weighted by molar-refractivity contribution is -0.154. The number of nitrogens with zero attached hydrogens (tertiary/aromatic N) is 1. The van der Waals surface area contributed by atoms with Gasteiger partial charge in [-0.3, -0.25) is 9.59 Å². The number of carbonyl (C=O) groups is 3. The summed E-state index contributed by atoms with van der Waals surface area (Å²) >= 11 is 0. The van der Waals surface area contributed by atoms with Gasteiger partial charge in [-0.2, -0.15) is 0 Å². The fraction of sp³-hybridized carbons (Fsp3) is 0.591. The van der Waals surface area contributed by atoms with Gasteiger partial charge in [0.25, 0.3) is 5.91 Å². The molecule has 7 nitrogen and oxygen atoms in total. The standard InChI is InChI=1S/C22H31N3O4/c1-16-7-5-6-10-19(16)24-20(26)15-29-21(27)17-11-13-25(14-12-17)22(28)23-18-8-3-2-4-9-18/h2-4,8-9,16-17,19H,5-7,10-15H2,1H3,(H,23,28)(H,24,26)/t16-,19-/m0/s1. The van der Waals surface area contributed by atoms with Gasteiger partial charge in [0.2, 0.25) is 0 Å².